The Morgan fingerprint density at radius 2 is 2.08 bits per heavy atom. The lowest BCUT2D eigenvalue weighted by Gasteiger charge is -2.10. The van der Waals surface area contributed by atoms with Gasteiger partial charge in [0.25, 0.3) is 0 Å². The quantitative estimate of drug-likeness (QED) is 0.441. The molecule has 5 nitrogen and oxygen atoms in total. The van der Waals surface area contributed by atoms with E-state index in [0.29, 0.717) is 23.8 Å². The van der Waals surface area contributed by atoms with Gasteiger partial charge < -0.3 is 14.0 Å². The van der Waals surface area contributed by atoms with Crippen LogP contribution in [0.25, 0.3) is 11.1 Å². The van der Waals surface area contributed by atoms with Crippen molar-refractivity contribution < 1.29 is 23.0 Å². The van der Waals surface area contributed by atoms with Crippen LogP contribution in [0.15, 0.2) is 53.4 Å². The Kier molecular flexibility index (Phi) is 5.76. The predicted octanol–water partition coefficient (Wildman–Crippen LogP) is 3.67. The van der Waals surface area contributed by atoms with Crippen molar-refractivity contribution in [1.29, 1.82) is 0 Å². The van der Waals surface area contributed by atoms with Gasteiger partial charge in [0.2, 0.25) is 0 Å². The fourth-order valence-electron chi connectivity index (χ4n) is 2.82. The third-order valence-corrected chi connectivity index (χ3v) is 4.93. The molecule has 0 N–H and O–H groups in total. The van der Waals surface area contributed by atoms with E-state index in [9.17, 15) is 13.6 Å². The van der Waals surface area contributed by atoms with Crippen molar-refractivity contribution in [3.63, 3.8) is 0 Å². The molecule has 3 rings (SSSR count). The molecular formula is C19H16ClO5S-. The maximum Gasteiger partial charge on any atom is 0.330 e. The molecule has 1 heterocycles. The summed E-state index contributed by atoms with van der Waals surface area (Å²) in [6.45, 7) is 2.06. The number of carbonyl (C=O) groups excluding carboxylic acids is 1. The molecule has 1 aliphatic heterocycles. The molecule has 0 fully saturated rings. The summed E-state index contributed by atoms with van der Waals surface area (Å²) in [6, 6.07) is 10.2. The Morgan fingerprint density at radius 1 is 1.35 bits per heavy atom. The number of hydrogen-bond acceptors (Lipinski definition) is 5. The second-order valence-corrected chi connectivity index (χ2v) is 6.98. The highest BCUT2D eigenvalue weighted by atomic mass is 35.5. The Hall–Kier alpha value is -2.15. The van der Waals surface area contributed by atoms with Crippen LogP contribution in [0.3, 0.4) is 0 Å². The van der Waals surface area contributed by atoms with E-state index in [4.69, 9.17) is 21.1 Å². The van der Waals surface area contributed by atoms with Gasteiger partial charge in [-0.15, -0.1) is 0 Å². The van der Waals surface area contributed by atoms with E-state index < -0.39 is 17.0 Å². The lowest BCUT2D eigenvalue weighted by molar-refractivity contribution is -0.137. The molecule has 26 heavy (non-hydrogen) atoms. The van der Waals surface area contributed by atoms with Crippen molar-refractivity contribution in [3.05, 3.63) is 59.1 Å². The third-order valence-electron chi connectivity index (χ3n) is 3.98. The van der Waals surface area contributed by atoms with Crippen LogP contribution in [0.1, 0.15) is 12.5 Å². The van der Waals surface area contributed by atoms with Gasteiger partial charge in [-0.3, -0.25) is 4.21 Å². The van der Waals surface area contributed by atoms with Gasteiger partial charge in [0.05, 0.1) is 11.6 Å². The van der Waals surface area contributed by atoms with Gasteiger partial charge in [0.1, 0.15) is 11.9 Å². The standard InChI is InChI=1S/C19H17ClO5S/c1-2-24-18(21)10-5-13-11-16-15(8-9-17(20)19(16)25-13)12-3-6-14(7-4-12)26(22)23/h3-10,13H,2,11H2,1H3,(H,22,23)/p-1. The first-order valence-corrected chi connectivity index (χ1v) is 9.47. The fraction of sp³-hybridized carbons (Fsp3) is 0.211. The van der Waals surface area contributed by atoms with Gasteiger partial charge in [0, 0.05) is 23.0 Å². The van der Waals surface area contributed by atoms with Crippen molar-refractivity contribution in [1.82, 2.24) is 0 Å². The molecule has 7 heteroatoms. The molecular weight excluding hydrogens is 376 g/mol. The first kappa shape index (κ1) is 18.6. The zero-order valence-corrected chi connectivity index (χ0v) is 15.5. The van der Waals surface area contributed by atoms with E-state index in [1.165, 1.54) is 6.08 Å². The number of esters is 1. The van der Waals surface area contributed by atoms with E-state index in [2.05, 4.69) is 0 Å². The number of ether oxygens (including phenoxy) is 2. The molecule has 0 amide bonds. The van der Waals surface area contributed by atoms with Crippen LogP contribution in [0, 0.1) is 0 Å². The van der Waals surface area contributed by atoms with Crippen LogP contribution in [0.4, 0.5) is 0 Å². The number of benzene rings is 2. The van der Waals surface area contributed by atoms with Gasteiger partial charge in [-0.2, -0.15) is 0 Å². The van der Waals surface area contributed by atoms with E-state index in [1.807, 2.05) is 6.07 Å². The first-order valence-electron chi connectivity index (χ1n) is 8.02. The van der Waals surface area contributed by atoms with Crippen LogP contribution < -0.4 is 4.74 Å². The maximum atomic E-state index is 11.5. The van der Waals surface area contributed by atoms with Crippen molar-refractivity contribution in [2.45, 2.75) is 24.3 Å². The number of hydrogen-bond donors (Lipinski definition) is 0. The van der Waals surface area contributed by atoms with Crippen molar-refractivity contribution in [2.75, 3.05) is 6.61 Å². The highest BCUT2D eigenvalue weighted by Gasteiger charge is 2.26. The molecule has 0 saturated carbocycles. The first-order chi connectivity index (χ1) is 12.5. The molecule has 0 aromatic heterocycles. The van der Waals surface area contributed by atoms with Crippen LogP contribution in [0.2, 0.25) is 5.02 Å². The third kappa shape index (κ3) is 3.98. The van der Waals surface area contributed by atoms with Crippen LogP contribution in [0.5, 0.6) is 5.75 Å². The smallest absolute Gasteiger partial charge is 0.330 e. The molecule has 0 saturated heterocycles. The van der Waals surface area contributed by atoms with Gasteiger partial charge in [0.15, 0.2) is 0 Å². The highest BCUT2D eigenvalue weighted by molar-refractivity contribution is 7.79. The van der Waals surface area contributed by atoms with E-state index >= 15 is 0 Å². The monoisotopic (exact) mass is 391 g/mol. The van der Waals surface area contributed by atoms with Crippen molar-refractivity contribution in [3.8, 4) is 16.9 Å². The summed E-state index contributed by atoms with van der Waals surface area (Å²) in [6.07, 6.45) is 3.24. The summed E-state index contributed by atoms with van der Waals surface area (Å²) in [7, 11) is 0. The summed E-state index contributed by atoms with van der Waals surface area (Å²) >= 11 is 3.99. The number of carbonyl (C=O) groups is 1. The normalized spacial score (nSPS) is 17.0. The van der Waals surface area contributed by atoms with E-state index in [0.717, 1.165) is 16.7 Å². The van der Waals surface area contributed by atoms with Gasteiger partial charge in [-0.25, -0.2) is 4.79 Å². The maximum absolute atomic E-state index is 11.5. The lowest BCUT2D eigenvalue weighted by atomic mass is 9.96. The second-order valence-electron chi connectivity index (χ2n) is 5.63. The predicted molar refractivity (Wildman–Crippen MR) is 98.0 cm³/mol. The molecule has 2 unspecified atom stereocenters. The largest absolute Gasteiger partial charge is 0.768 e. The molecule has 0 spiro atoms. The van der Waals surface area contributed by atoms with E-state index in [-0.39, 0.29) is 11.0 Å². The minimum atomic E-state index is -2.26. The average Bonchev–Trinajstić information content (AvgIpc) is 3.06. The molecule has 0 bridgehead atoms. The zero-order valence-electron chi connectivity index (χ0n) is 13.9. The summed E-state index contributed by atoms with van der Waals surface area (Å²) in [5.41, 5.74) is 2.71. The highest BCUT2D eigenvalue weighted by Crippen LogP contribution is 2.42. The summed E-state index contributed by atoms with van der Waals surface area (Å²) < 4.78 is 32.8. The van der Waals surface area contributed by atoms with Gasteiger partial charge in [-0.05, 0) is 53.4 Å². The van der Waals surface area contributed by atoms with Crippen molar-refractivity contribution >= 4 is 28.7 Å². The summed E-state index contributed by atoms with van der Waals surface area (Å²) in [5.74, 6) is 0.165. The Bertz CT molecular complexity index is 876. The average molecular weight is 392 g/mol. The minimum Gasteiger partial charge on any atom is -0.768 e. The number of fused-ring (bicyclic) bond motifs is 1. The molecule has 1 aliphatic rings. The second kappa shape index (κ2) is 8.03. The summed E-state index contributed by atoms with van der Waals surface area (Å²) in [5, 5.41) is 0.494. The van der Waals surface area contributed by atoms with Crippen molar-refractivity contribution in [2.24, 2.45) is 0 Å². The Morgan fingerprint density at radius 3 is 2.73 bits per heavy atom. The zero-order chi connectivity index (χ0) is 18.7. The Labute approximate surface area is 158 Å². The molecule has 2 aromatic rings. The molecule has 2 aromatic carbocycles. The van der Waals surface area contributed by atoms with Gasteiger partial charge in [-0.1, -0.05) is 29.8 Å². The summed E-state index contributed by atoms with van der Waals surface area (Å²) in [4.78, 5) is 11.7. The number of halogens is 1. The van der Waals surface area contributed by atoms with Gasteiger partial charge >= 0.3 is 5.97 Å². The molecule has 0 radical (unpaired) electrons. The molecule has 2 atom stereocenters. The lowest BCUT2D eigenvalue weighted by Crippen LogP contribution is -2.10. The fourth-order valence-corrected chi connectivity index (χ4v) is 3.40. The molecule has 136 valence electrons. The Balaban J connectivity index is 1.88. The molecule has 0 aliphatic carbocycles. The van der Waals surface area contributed by atoms with E-state index in [1.54, 1.807) is 43.3 Å². The van der Waals surface area contributed by atoms with Crippen LogP contribution >= 0.6 is 11.6 Å². The topological polar surface area (TPSA) is 75.7 Å². The SMILES string of the molecule is CCOC(=O)C=CC1Cc2c(-c3ccc(S(=O)[O-])cc3)ccc(Cl)c2O1. The minimum absolute atomic E-state index is 0.228. The van der Waals surface area contributed by atoms with Crippen LogP contribution in [-0.2, 0) is 27.0 Å². The number of rotatable bonds is 5. The van der Waals surface area contributed by atoms with Crippen LogP contribution in [-0.4, -0.2) is 27.4 Å².